The molecule has 8 nitrogen and oxygen atoms in total. The highest BCUT2D eigenvalue weighted by Gasteiger charge is 2.34. The fraction of sp³-hybridized carbons (Fsp3) is 0.143. The van der Waals surface area contributed by atoms with Gasteiger partial charge in [-0.3, -0.25) is 4.98 Å². The molecule has 284 valence electrons. The second-order valence-corrected chi connectivity index (χ2v) is 13.6. The van der Waals surface area contributed by atoms with Crippen LogP contribution in [0.4, 0.5) is 23.2 Å². The van der Waals surface area contributed by atoms with E-state index < -0.39 is 22.6 Å². The fourth-order valence-corrected chi connectivity index (χ4v) is 6.62. The van der Waals surface area contributed by atoms with Gasteiger partial charge in [-0.25, -0.2) is 14.4 Å². The van der Waals surface area contributed by atoms with Crippen molar-refractivity contribution in [1.29, 1.82) is 0 Å². The van der Waals surface area contributed by atoms with E-state index in [1.54, 1.807) is 24.4 Å². The third-order valence-electron chi connectivity index (χ3n) is 9.02. The minimum Gasteiger partial charge on any atom is -0.493 e. The van der Waals surface area contributed by atoms with Crippen LogP contribution in [0.3, 0.4) is 0 Å². The van der Waals surface area contributed by atoms with E-state index in [2.05, 4.69) is 41.3 Å². The van der Waals surface area contributed by atoms with Gasteiger partial charge >= 0.3 is 6.18 Å². The van der Waals surface area contributed by atoms with Crippen molar-refractivity contribution in [2.75, 3.05) is 18.7 Å². The number of aryl methyl sites for hydroxylation is 2. The number of hydrogen-bond donors (Lipinski definition) is 1. The number of benzene rings is 5. The van der Waals surface area contributed by atoms with E-state index >= 15 is 4.39 Å². The number of aromatic nitrogens is 2. The van der Waals surface area contributed by atoms with Crippen LogP contribution in [0.2, 0.25) is 5.02 Å². The van der Waals surface area contributed by atoms with Crippen LogP contribution < -0.4 is 25.0 Å². The Balaban J connectivity index is 1.05. The molecule has 0 saturated heterocycles. The minimum atomic E-state index is -4.72. The van der Waals surface area contributed by atoms with Crippen LogP contribution in [0.25, 0.3) is 32.7 Å². The first kappa shape index (κ1) is 38.2. The second-order valence-electron chi connectivity index (χ2n) is 12.7. The number of nitrogens with zero attached hydrogens (tertiary/aromatic N) is 4. The quantitative estimate of drug-likeness (QED) is 0.0345. The van der Waals surface area contributed by atoms with Gasteiger partial charge in [0.1, 0.15) is 5.75 Å². The Morgan fingerprint density at radius 2 is 1.73 bits per heavy atom. The zero-order valence-corrected chi connectivity index (χ0v) is 31.5. The number of hydrazone groups is 1. The molecular formula is C42H32ClF4N5O3S. The molecule has 0 bridgehead atoms. The number of thiocarbonyl (C=S) groups is 1. The highest BCUT2D eigenvalue weighted by Crippen LogP contribution is 2.39. The first-order chi connectivity index (χ1) is 26.9. The number of hydrogen-bond acceptors (Lipinski definition) is 7. The van der Waals surface area contributed by atoms with Crippen molar-refractivity contribution in [2.45, 2.75) is 25.9 Å². The lowest BCUT2D eigenvalue weighted by Crippen LogP contribution is -2.31. The van der Waals surface area contributed by atoms with Crippen LogP contribution in [0.1, 0.15) is 28.7 Å². The SMILES string of the molecule is COc1cc2c(Oc3ccc(/C=N/N(C(N)=S)c4ccc(Cl)c(C(F)(F)F)c4)cc3F)ccnc2cc1OCCCc1ccc(C)c2nc3ccccc3cc12. The monoisotopic (exact) mass is 797 g/mol. The summed E-state index contributed by atoms with van der Waals surface area (Å²) in [7, 11) is 1.53. The Hall–Kier alpha value is -6.05. The maximum atomic E-state index is 15.4. The Morgan fingerprint density at radius 1 is 0.911 bits per heavy atom. The Bertz CT molecular complexity index is 2660. The van der Waals surface area contributed by atoms with Crippen molar-refractivity contribution < 1.29 is 31.8 Å². The molecule has 14 heteroatoms. The lowest BCUT2D eigenvalue weighted by atomic mass is 9.99. The average molecular weight is 798 g/mol. The van der Waals surface area contributed by atoms with Gasteiger partial charge in [0.2, 0.25) is 0 Å². The summed E-state index contributed by atoms with van der Waals surface area (Å²) in [5.74, 6) is 0.433. The maximum absolute atomic E-state index is 15.4. The predicted molar refractivity (Wildman–Crippen MR) is 216 cm³/mol. The number of fused-ring (bicyclic) bond motifs is 3. The highest BCUT2D eigenvalue weighted by atomic mass is 35.5. The van der Waals surface area contributed by atoms with Gasteiger partial charge in [-0.05, 0) is 109 Å². The minimum absolute atomic E-state index is 0.0814. The van der Waals surface area contributed by atoms with Crippen LogP contribution in [-0.2, 0) is 12.6 Å². The molecule has 0 saturated carbocycles. The van der Waals surface area contributed by atoms with E-state index in [9.17, 15) is 13.2 Å². The van der Waals surface area contributed by atoms with E-state index in [1.165, 1.54) is 37.1 Å². The normalized spacial score (nSPS) is 11.8. The molecule has 0 atom stereocenters. The Morgan fingerprint density at radius 3 is 2.50 bits per heavy atom. The van der Waals surface area contributed by atoms with Crippen molar-refractivity contribution in [3.05, 3.63) is 136 Å². The molecule has 7 aromatic rings. The summed E-state index contributed by atoms with van der Waals surface area (Å²) >= 11 is 10.7. The molecule has 7 rings (SSSR count). The first-order valence-electron chi connectivity index (χ1n) is 17.2. The number of nitrogens with two attached hydrogens (primary N) is 1. The molecule has 0 fully saturated rings. The van der Waals surface area contributed by atoms with Crippen molar-refractivity contribution in [3.63, 3.8) is 0 Å². The molecule has 2 aromatic heterocycles. The predicted octanol–water partition coefficient (Wildman–Crippen LogP) is 11.0. The van der Waals surface area contributed by atoms with Crippen molar-refractivity contribution in [2.24, 2.45) is 10.8 Å². The Kier molecular flexibility index (Phi) is 10.9. The number of alkyl halides is 3. The summed E-state index contributed by atoms with van der Waals surface area (Å²) in [4.78, 5) is 9.39. The number of anilines is 1. The third kappa shape index (κ3) is 8.14. The molecule has 0 amide bonds. The molecule has 0 aliphatic carbocycles. The molecule has 2 N–H and O–H groups in total. The number of para-hydroxylation sites is 1. The number of rotatable bonds is 11. The second kappa shape index (κ2) is 16.0. The van der Waals surface area contributed by atoms with E-state index in [-0.39, 0.29) is 22.1 Å². The Labute approximate surface area is 329 Å². The van der Waals surface area contributed by atoms with Crippen LogP contribution in [0.15, 0.2) is 108 Å². The van der Waals surface area contributed by atoms with Gasteiger partial charge in [0.15, 0.2) is 28.2 Å². The fourth-order valence-electron chi connectivity index (χ4n) is 6.24. The van der Waals surface area contributed by atoms with Gasteiger partial charge in [0.05, 0.1) is 52.8 Å². The standard InChI is InChI=1S/C42H32ClF4N5O3S/c1-24-9-11-26(29-19-27-6-3-4-8-34(27)51-40(24)29)7-5-17-54-39-22-35-30(21-38(39)53-2)36(15-16-49-35)55-37-14-10-25(18-33(37)44)23-50-52(41(48)56)28-12-13-32(43)31(20-28)42(45,46)47/h3-4,6,8-16,18-23H,5,7,17H2,1-2H3,(H2,48,56)/b50-23+. The van der Waals surface area contributed by atoms with Crippen LogP contribution >= 0.6 is 23.8 Å². The van der Waals surface area contributed by atoms with E-state index in [4.69, 9.17) is 48.7 Å². The summed E-state index contributed by atoms with van der Waals surface area (Å²) in [5.41, 5.74) is 9.65. The summed E-state index contributed by atoms with van der Waals surface area (Å²) in [6.07, 6.45) is -0.460. The number of ether oxygens (including phenoxy) is 3. The molecule has 0 aliphatic rings. The van der Waals surface area contributed by atoms with Gasteiger partial charge in [-0.1, -0.05) is 41.9 Å². The average Bonchev–Trinajstić information content (AvgIpc) is 3.17. The smallest absolute Gasteiger partial charge is 0.417 e. The number of pyridine rings is 2. The van der Waals surface area contributed by atoms with E-state index in [1.807, 2.05) is 18.2 Å². The van der Waals surface area contributed by atoms with Gasteiger partial charge in [0, 0.05) is 28.4 Å². The molecule has 0 unspecified atom stereocenters. The van der Waals surface area contributed by atoms with Crippen LogP contribution in [-0.4, -0.2) is 35.0 Å². The summed E-state index contributed by atoms with van der Waals surface area (Å²) in [6, 6.07) is 26.8. The van der Waals surface area contributed by atoms with Crippen molar-refractivity contribution in [1.82, 2.24) is 9.97 Å². The molecule has 56 heavy (non-hydrogen) atoms. The van der Waals surface area contributed by atoms with E-state index in [0.29, 0.717) is 34.8 Å². The highest BCUT2D eigenvalue weighted by molar-refractivity contribution is 7.80. The van der Waals surface area contributed by atoms with Crippen LogP contribution in [0, 0.1) is 12.7 Å². The van der Waals surface area contributed by atoms with Gasteiger partial charge < -0.3 is 19.9 Å². The number of methoxy groups -OCH3 is 1. The summed E-state index contributed by atoms with van der Waals surface area (Å²) in [5, 5.41) is 6.95. The molecular weight excluding hydrogens is 766 g/mol. The topological polar surface area (TPSA) is 95.1 Å². The first-order valence-corrected chi connectivity index (χ1v) is 18.0. The van der Waals surface area contributed by atoms with E-state index in [0.717, 1.165) is 63.4 Å². The van der Waals surface area contributed by atoms with Gasteiger partial charge in [-0.2, -0.15) is 18.3 Å². The zero-order chi connectivity index (χ0) is 39.6. The molecule has 5 aromatic carbocycles. The van der Waals surface area contributed by atoms with Gasteiger partial charge in [0.25, 0.3) is 0 Å². The molecule has 0 aliphatic heterocycles. The zero-order valence-electron chi connectivity index (χ0n) is 29.9. The summed E-state index contributed by atoms with van der Waals surface area (Å²) in [6.45, 7) is 2.48. The van der Waals surface area contributed by atoms with Crippen molar-refractivity contribution >= 4 is 73.5 Å². The van der Waals surface area contributed by atoms with Crippen molar-refractivity contribution in [3.8, 4) is 23.0 Å². The summed E-state index contributed by atoms with van der Waals surface area (Å²) < 4.78 is 73.5. The number of halogens is 5. The largest absolute Gasteiger partial charge is 0.493 e. The molecule has 0 radical (unpaired) electrons. The lowest BCUT2D eigenvalue weighted by Gasteiger charge is -2.19. The van der Waals surface area contributed by atoms with Crippen LogP contribution in [0.5, 0.6) is 23.0 Å². The third-order valence-corrected chi connectivity index (χ3v) is 9.52. The molecule has 2 heterocycles. The molecule has 0 spiro atoms. The lowest BCUT2D eigenvalue weighted by molar-refractivity contribution is -0.137. The van der Waals surface area contributed by atoms with Gasteiger partial charge in [-0.15, -0.1) is 0 Å². The maximum Gasteiger partial charge on any atom is 0.417 e.